The number of hydrogen-bond acceptors (Lipinski definition) is 2. The Morgan fingerprint density at radius 2 is 1.65 bits per heavy atom. The second kappa shape index (κ2) is 7.70. The van der Waals surface area contributed by atoms with E-state index < -0.39 is 11.7 Å². The SMILES string of the molecule is O=C(Cc1ccc(Br)cc1)N1CCN(c2cccc(C(F)(F)F)c2)CC1. The van der Waals surface area contributed by atoms with Crippen molar-refractivity contribution in [2.45, 2.75) is 12.6 Å². The lowest BCUT2D eigenvalue weighted by molar-refractivity contribution is -0.137. The predicted molar refractivity (Wildman–Crippen MR) is 98.1 cm³/mol. The molecule has 1 aliphatic heterocycles. The van der Waals surface area contributed by atoms with E-state index in [2.05, 4.69) is 15.9 Å². The molecule has 1 heterocycles. The van der Waals surface area contributed by atoms with E-state index in [0.717, 1.165) is 16.1 Å². The van der Waals surface area contributed by atoms with Gasteiger partial charge in [0.1, 0.15) is 0 Å². The van der Waals surface area contributed by atoms with Crippen molar-refractivity contribution in [2.75, 3.05) is 31.1 Å². The van der Waals surface area contributed by atoms with Gasteiger partial charge in [0.2, 0.25) is 5.91 Å². The van der Waals surface area contributed by atoms with Gasteiger partial charge in [0.15, 0.2) is 0 Å². The van der Waals surface area contributed by atoms with Crippen LogP contribution in [-0.4, -0.2) is 37.0 Å². The highest BCUT2D eigenvalue weighted by Gasteiger charge is 2.31. The molecule has 0 unspecified atom stereocenters. The van der Waals surface area contributed by atoms with E-state index in [1.165, 1.54) is 12.1 Å². The molecule has 0 radical (unpaired) electrons. The van der Waals surface area contributed by atoms with E-state index in [4.69, 9.17) is 0 Å². The number of amides is 1. The fraction of sp³-hybridized carbons (Fsp3) is 0.316. The number of carbonyl (C=O) groups is 1. The first-order chi connectivity index (χ1) is 12.3. The summed E-state index contributed by atoms with van der Waals surface area (Å²) in [5.74, 6) is 0.0380. The quantitative estimate of drug-likeness (QED) is 0.727. The summed E-state index contributed by atoms with van der Waals surface area (Å²) in [6.07, 6.45) is -4.02. The molecule has 0 saturated carbocycles. The van der Waals surface area contributed by atoms with E-state index in [1.807, 2.05) is 29.2 Å². The van der Waals surface area contributed by atoms with Crippen LogP contribution in [-0.2, 0) is 17.4 Å². The standard InChI is InChI=1S/C19H18BrF3N2O/c20-16-6-4-14(5-7-16)12-18(26)25-10-8-24(9-11-25)17-3-1-2-15(13-17)19(21,22)23/h1-7,13H,8-12H2. The first-order valence-electron chi connectivity index (χ1n) is 8.27. The normalized spacial score (nSPS) is 15.2. The van der Waals surface area contributed by atoms with Gasteiger partial charge in [-0.25, -0.2) is 0 Å². The molecule has 3 nitrogen and oxygen atoms in total. The highest BCUT2D eigenvalue weighted by atomic mass is 79.9. The first kappa shape index (κ1) is 18.8. The maximum atomic E-state index is 12.9. The zero-order valence-corrected chi connectivity index (χ0v) is 15.6. The van der Waals surface area contributed by atoms with Crippen LogP contribution in [0.2, 0.25) is 0 Å². The molecule has 7 heteroatoms. The Morgan fingerprint density at radius 3 is 2.27 bits per heavy atom. The molecule has 26 heavy (non-hydrogen) atoms. The van der Waals surface area contributed by atoms with Crippen molar-refractivity contribution >= 4 is 27.5 Å². The summed E-state index contributed by atoms with van der Waals surface area (Å²) in [4.78, 5) is 16.1. The summed E-state index contributed by atoms with van der Waals surface area (Å²) in [5.41, 5.74) is 0.835. The predicted octanol–water partition coefficient (Wildman–Crippen LogP) is 4.36. The third-order valence-electron chi connectivity index (χ3n) is 4.44. The minimum atomic E-state index is -4.35. The lowest BCUT2D eigenvalue weighted by Crippen LogP contribution is -2.49. The number of rotatable bonds is 3. The van der Waals surface area contributed by atoms with Gasteiger partial charge in [0.25, 0.3) is 0 Å². The molecule has 1 saturated heterocycles. The lowest BCUT2D eigenvalue weighted by Gasteiger charge is -2.36. The van der Waals surface area contributed by atoms with Gasteiger partial charge in [-0.1, -0.05) is 34.1 Å². The fourth-order valence-electron chi connectivity index (χ4n) is 2.98. The maximum absolute atomic E-state index is 12.9. The minimum absolute atomic E-state index is 0.0380. The Morgan fingerprint density at radius 1 is 1.00 bits per heavy atom. The van der Waals surface area contributed by atoms with Crippen LogP contribution in [0.4, 0.5) is 18.9 Å². The molecular formula is C19H18BrF3N2O. The Bertz CT molecular complexity index is 769. The maximum Gasteiger partial charge on any atom is 0.416 e. The van der Waals surface area contributed by atoms with Crippen molar-refractivity contribution in [1.82, 2.24) is 4.90 Å². The summed E-state index contributed by atoms with van der Waals surface area (Å²) < 4.78 is 39.5. The van der Waals surface area contributed by atoms with E-state index >= 15 is 0 Å². The lowest BCUT2D eigenvalue weighted by atomic mass is 10.1. The molecule has 3 rings (SSSR count). The Balaban J connectivity index is 1.59. The summed E-state index contributed by atoms with van der Waals surface area (Å²) in [5, 5.41) is 0. The van der Waals surface area contributed by atoms with Gasteiger partial charge in [0.05, 0.1) is 12.0 Å². The molecular weight excluding hydrogens is 409 g/mol. The third-order valence-corrected chi connectivity index (χ3v) is 4.97. The van der Waals surface area contributed by atoms with Crippen molar-refractivity contribution in [3.05, 3.63) is 64.1 Å². The molecule has 0 aliphatic carbocycles. The van der Waals surface area contributed by atoms with Crippen molar-refractivity contribution in [3.63, 3.8) is 0 Å². The van der Waals surface area contributed by atoms with Crippen LogP contribution >= 0.6 is 15.9 Å². The van der Waals surface area contributed by atoms with E-state index in [0.29, 0.717) is 38.3 Å². The summed E-state index contributed by atoms with van der Waals surface area (Å²) in [7, 11) is 0. The molecule has 0 bridgehead atoms. The molecule has 0 aromatic heterocycles. The van der Waals surface area contributed by atoms with Gasteiger partial charge in [-0.2, -0.15) is 13.2 Å². The van der Waals surface area contributed by atoms with E-state index in [-0.39, 0.29) is 5.91 Å². The Kier molecular flexibility index (Phi) is 5.55. The van der Waals surface area contributed by atoms with Crippen LogP contribution in [0.3, 0.4) is 0 Å². The molecule has 138 valence electrons. The first-order valence-corrected chi connectivity index (χ1v) is 9.07. The Hall–Kier alpha value is -2.02. The van der Waals surface area contributed by atoms with Crippen LogP contribution in [0.15, 0.2) is 53.0 Å². The Labute approximate surface area is 158 Å². The van der Waals surface area contributed by atoms with Crippen molar-refractivity contribution in [3.8, 4) is 0 Å². The highest BCUT2D eigenvalue weighted by molar-refractivity contribution is 9.10. The monoisotopic (exact) mass is 426 g/mol. The van der Waals surface area contributed by atoms with Gasteiger partial charge in [0, 0.05) is 36.3 Å². The number of benzene rings is 2. The van der Waals surface area contributed by atoms with Crippen LogP contribution in [0, 0.1) is 0 Å². The molecule has 1 aliphatic rings. The average Bonchev–Trinajstić information content (AvgIpc) is 2.63. The summed E-state index contributed by atoms with van der Waals surface area (Å²) in [6.45, 7) is 2.05. The number of hydrogen-bond donors (Lipinski definition) is 0. The largest absolute Gasteiger partial charge is 0.416 e. The molecule has 0 atom stereocenters. The number of anilines is 1. The second-order valence-corrected chi connectivity index (χ2v) is 7.13. The topological polar surface area (TPSA) is 23.6 Å². The number of piperazine rings is 1. The second-order valence-electron chi connectivity index (χ2n) is 6.22. The van der Waals surface area contributed by atoms with Crippen LogP contribution in [0.1, 0.15) is 11.1 Å². The van der Waals surface area contributed by atoms with Gasteiger partial charge >= 0.3 is 6.18 Å². The number of alkyl halides is 3. The van der Waals surface area contributed by atoms with Gasteiger partial charge in [-0.15, -0.1) is 0 Å². The average molecular weight is 427 g/mol. The number of carbonyl (C=O) groups excluding carboxylic acids is 1. The van der Waals surface area contributed by atoms with Crippen LogP contribution in [0.5, 0.6) is 0 Å². The molecule has 0 N–H and O–H groups in total. The highest BCUT2D eigenvalue weighted by Crippen LogP contribution is 2.31. The van der Waals surface area contributed by atoms with Crippen molar-refractivity contribution in [2.24, 2.45) is 0 Å². The van der Waals surface area contributed by atoms with Gasteiger partial charge < -0.3 is 9.80 Å². The fourth-order valence-corrected chi connectivity index (χ4v) is 3.25. The zero-order chi connectivity index (χ0) is 18.7. The van der Waals surface area contributed by atoms with E-state index in [1.54, 1.807) is 11.0 Å². The molecule has 1 fully saturated rings. The van der Waals surface area contributed by atoms with Gasteiger partial charge in [-0.3, -0.25) is 4.79 Å². The summed E-state index contributed by atoms with van der Waals surface area (Å²) >= 11 is 3.36. The molecule has 1 amide bonds. The van der Waals surface area contributed by atoms with E-state index in [9.17, 15) is 18.0 Å². The number of halogens is 4. The minimum Gasteiger partial charge on any atom is -0.368 e. The van der Waals surface area contributed by atoms with Crippen LogP contribution in [0.25, 0.3) is 0 Å². The van der Waals surface area contributed by atoms with Crippen molar-refractivity contribution < 1.29 is 18.0 Å². The van der Waals surface area contributed by atoms with Gasteiger partial charge in [-0.05, 0) is 35.9 Å². The zero-order valence-electron chi connectivity index (χ0n) is 14.0. The smallest absolute Gasteiger partial charge is 0.368 e. The molecule has 0 spiro atoms. The third kappa shape index (κ3) is 4.58. The van der Waals surface area contributed by atoms with Crippen molar-refractivity contribution in [1.29, 1.82) is 0 Å². The summed E-state index contributed by atoms with van der Waals surface area (Å²) in [6, 6.07) is 12.9. The molecule has 2 aromatic rings. The molecule has 2 aromatic carbocycles. The van der Waals surface area contributed by atoms with Crippen LogP contribution < -0.4 is 4.90 Å². The number of nitrogens with zero attached hydrogens (tertiary/aromatic N) is 2.